The van der Waals surface area contributed by atoms with Gasteiger partial charge in [0.2, 0.25) is 0 Å². The molecular weight excluding hydrogens is 485 g/mol. The Morgan fingerprint density at radius 3 is 1.52 bits per heavy atom. The minimum Gasteiger partial charge on any atom is -1.00 e. The van der Waals surface area contributed by atoms with Crippen molar-refractivity contribution in [3.05, 3.63) is 125 Å². The number of thiazole rings is 1. The topological polar surface area (TPSA) is 22.0 Å². The van der Waals surface area contributed by atoms with E-state index in [-0.39, 0.29) is 21.9 Å². The van der Waals surface area contributed by atoms with Gasteiger partial charge in [-0.25, -0.2) is 0 Å². The first kappa shape index (κ1) is 21.7. The van der Waals surface area contributed by atoms with Gasteiger partial charge in [0.25, 0.3) is 0 Å². The summed E-state index contributed by atoms with van der Waals surface area (Å²) in [6.07, 6.45) is 0.647. The third-order valence-electron chi connectivity index (χ3n) is 5.52. The van der Waals surface area contributed by atoms with Crippen molar-refractivity contribution < 1.29 is 17.0 Å². The first-order valence-electron chi connectivity index (χ1n) is 9.92. The fourth-order valence-corrected chi connectivity index (χ4v) is 9.22. The van der Waals surface area contributed by atoms with E-state index in [0.717, 1.165) is 10.2 Å². The number of fused-ring (bicyclic) bond motifs is 1. The third-order valence-corrected chi connectivity index (χ3v) is 10.7. The van der Waals surface area contributed by atoms with Crippen LogP contribution in [0.2, 0.25) is 0 Å². The van der Waals surface area contributed by atoms with Crippen molar-refractivity contribution in [3.8, 4) is 0 Å². The van der Waals surface area contributed by atoms with E-state index >= 15 is 0 Å². The van der Waals surface area contributed by atoms with E-state index in [9.17, 15) is 4.79 Å². The summed E-state index contributed by atoms with van der Waals surface area (Å²) in [5, 5.41) is 3.85. The summed E-state index contributed by atoms with van der Waals surface area (Å²) in [6.45, 7) is 0. The van der Waals surface area contributed by atoms with Crippen LogP contribution in [0.15, 0.2) is 120 Å². The second kappa shape index (κ2) is 9.32. The van der Waals surface area contributed by atoms with Crippen LogP contribution in [0, 0.1) is 0 Å². The van der Waals surface area contributed by atoms with Gasteiger partial charge in [0.15, 0.2) is 6.29 Å². The number of hydrogen-bond donors (Lipinski definition) is 0. The minimum absolute atomic E-state index is 0. The van der Waals surface area contributed by atoms with E-state index in [0.29, 0.717) is 6.29 Å². The molecule has 0 saturated heterocycles. The molecule has 2 nitrogen and oxygen atoms in total. The SMILES string of the molecule is O=c1sc2ccccc2n1C[P+](c1ccccc1)(c1ccccc1)c1ccccc1.[Br-]. The van der Waals surface area contributed by atoms with Gasteiger partial charge in [0.05, 0.1) is 10.2 Å². The predicted octanol–water partition coefficient (Wildman–Crippen LogP) is 2.02. The van der Waals surface area contributed by atoms with Crippen molar-refractivity contribution in [1.29, 1.82) is 0 Å². The maximum atomic E-state index is 13.1. The number of hydrogen-bond acceptors (Lipinski definition) is 2. The second-order valence-corrected chi connectivity index (χ2v) is 11.7. The Morgan fingerprint density at radius 2 is 1.03 bits per heavy atom. The smallest absolute Gasteiger partial charge is 0.311 e. The van der Waals surface area contributed by atoms with Gasteiger partial charge in [0.1, 0.15) is 23.2 Å². The molecule has 5 heteroatoms. The van der Waals surface area contributed by atoms with Crippen LogP contribution in [0.4, 0.5) is 0 Å². The zero-order valence-corrected chi connectivity index (χ0v) is 20.1. The molecule has 0 aliphatic rings. The number of benzene rings is 4. The molecule has 1 aromatic heterocycles. The average Bonchev–Trinajstić information content (AvgIpc) is 3.14. The van der Waals surface area contributed by atoms with E-state index in [4.69, 9.17) is 0 Å². The molecule has 31 heavy (non-hydrogen) atoms. The van der Waals surface area contributed by atoms with Gasteiger partial charge in [0, 0.05) is 0 Å². The van der Waals surface area contributed by atoms with Gasteiger partial charge < -0.3 is 17.0 Å². The Hall–Kier alpha value is -2.52. The maximum absolute atomic E-state index is 13.1. The monoisotopic (exact) mass is 505 g/mol. The molecule has 0 amide bonds. The van der Waals surface area contributed by atoms with E-state index in [1.54, 1.807) is 0 Å². The molecule has 0 aliphatic carbocycles. The lowest BCUT2D eigenvalue weighted by atomic mass is 10.3. The summed E-state index contributed by atoms with van der Waals surface area (Å²) in [6, 6.07) is 40.2. The Bertz CT molecular complexity index is 1240. The third kappa shape index (κ3) is 3.92. The Balaban J connectivity index is 0.00000231. The Labute approximate surface area is 196 Å². The lowest BCUT2D eigenvalue weighted by molar-refractivity contribution is -0.00000571. The number of rotatable bonds is 5. The van der Waals surface area contributed by atoms with E-state index in [1.807, 2.05) is 22.8 Å². The highest BCUT2D eigenvalue weighted by Crippen LogP contribution is 2.57. The fourth-order valence-electron chi connectivity index (χ4n) is 4.10. The molecule has 0 spiro atoms. The van der Waals surface area contributed by atoms with Crippen molar-refractivity contribution in [2.75, 3.05) is 0 Å². The van der Waals surface area contributed by atoms with Gasteiger partial charge in [-0.1, -0.05) is 78.1 Å². The van der Waals surface area contributed by atoms with Gasteiger partial charge in [-0.2, -0.15) is 0 Å². The highest BCUT2D eigenvalue weighted by molar-refractivity contribution is 7.94. The molecule has 0 aliphatic heterocycles. The number of nitrogens with zero attached hydrogens (tertiary/aromatic N) is 1. The minimum atomic E-state index is -2.10. The molecule has 0 saturated carbocycles. The molecule has 0 bridgehead atoms. The second-order valence-electron chi connectivity index (χ2n) is 7.22. The highest BCUT2D eigenvalue weighted by atomic mass is 79.9. The quantitative estimate of drug-likeness (QED) is 0.335. The molecule has 0 fully saturated rings. The number of halogens is 1. The lowest BCUT2D eigenvalue weighted by Gasteiger charge is -2.27. The molecule has 1 heterocycles. The van der Waals surface area contributed by atoms with Crippen LogP contribution in [-0.2, 0) is 6.29 Å². The first-order chi connectivity index (χ1) is 14.8. The van der Waals surface area contributed by atoms with E-state index in [2.05, 4.69) is 97.1 Å². The molecule has 4 aromatic carbocycles. The summed E-state index contributed by atoms with van der Waals surface area (Å²) < 4.78 is 3.02. The van der Waals surface area contributed by atoms with Crippen LogP contribution in [0.3, 0.4) is 0 Å². The average molecular weight is 506 g/mol. The normalized spacial score (nSPS) is 11.2. The van der Waals surface area contributed by atoms with Gasteiger partial charge in [-0.05, 0) is 48.5 Å². The summed E-state index contributed by atoms with van der Waals surface area (Å²) in [7, 11) is -2.10. The molecule has 0 atom stereocenters. The Kier molecular flexibility index (Phi) is 6.52. The van der Waals surface area contributed by atoms with Crippen LogP contribution in [0.25, 0.3) is 10.2 Å². The van der Waals surface area contributed by atoms with Crippen molar-refractivity contribution in [2.45, 2.75) is 6.29 Å². The predicted molar refractivity (Wildman–Crippen MR) is 131 cm³/mol. The molecule has 5 aromatic rings. The standard InChI is InChI=1S/C26H21NOPS.BrH/c28-26-27(24-18-10-11-19-25(24)30-26)20-29(21-12-4-1-5-13-21,22-14-6-2-7-15-22)23-16-8-3-9-17-23;/h1-19H,20H2;1H/q+1;/p-1. The van der Waals surface area contributed by atoms with Crippen LogP contribution in [-0.4, -0.2) is 4.57 Å². The van der Waals surface area contributed by atoms with Crippen LogP contribution >= 0.6 is 18.6 Å². The Morgan fingerprint density at radius 1 is 0.613 bits per heavy atom. The number of aromatic nitrogens is 1. The molecule has 0 unspecified atom stereocenters. The largest absolute Gasteiger partial charge is 1.00 e. The zero-order chi connectivity index (χ0) is 20.4. The van der Waals surface area contributed by atoms with Crippen LogP contribution < -0.4 is 37.8 Å². The maximum Gasteiger partial charge on any atom is 0.311 e. The lowest BCUT2D eigenvalue weighted by Crippen LogP contribution is -3.00. The fraction of sp³-hybridized carbons (Fsp3) is 0.0385. The molecule has 0 N–H and O–H groups in total. The first-order valence-corrected chi connectivity index (χ1v) is 12.7. The van der Waals surface area contributed by atoms with E-state index < -0.39 is 7.26 Å². The highest BCUT2D eigenvalue weighted by Gasteiger charge is 2.46. The summed E-state index contributed by atoms with van der Waals surface area (Å²) in [5.74, 6) is 0. The number of para-hydroxylation sites is 1. The molecule has 5 rings (SSSR count). The van der Waals surface area contributed by atoms with Gasteiger partial charge in [-0.3, -0.25) is 9.36 Å². The van der Waals surface area contributed by atoms with Crippen LogP contribution in [0.1, 0.15) is 0 Å². The van der Waals surface area contributed by atoms with Crippen molar-refractivity contribution in [3.63, 3.8) is 0 Å². The summed E-state index contributed by atoms with van der Waals surface area (Å²) >= 11 is 1.33. The molecular formula is C26H21BrNOPS. The summed E-state index contributed by atoms with van der Waals surface area (Å²) in [5.41, 5.74) is 1.01. The van der Waals surface area contributed by atoms with E-state index in [1.165, 1.54) is 27.3 Å². The van der Waals surface area contributed by atoms with Crippen molar-refractivity contribution in [2.24, 2.45) is 0 Å². The molecule has 154 valence electrons. The van der Waals surface area contributed by atoms with Crippen molar-refractivity contribution >= 4 is 44.7 Å². The van der Waals surface area contributed by atoms with Crippen LogP contribution in [0.5, 0.6) is 0 Å². The van der Waals surface area contributed by atoms with Gasteiger partial charge in [-0.15, -0.1) is 0 Å². The van der Waals surface area contributed by atoms with Gasteiger partial charge >= 0.3 is 4.87 Å². The summed E-state index contributed by atoms with van der Waals surface area (Å²) in [4.78, 5) is 13.2. The zero-order valence-electron chi connectivity index (χ0n) is 16.8. The molecule has 0 radical (unpaired) electrons. The van der Waals surface area contributed by atoms with Crippen molar-refractivity contribution in [1.82, 2.24) is 4.57 Å².